The smallest absolute Gasteiger partial charge is 0.142 e. The third-order valence-corrected chi connectivity index (χ3v) is 4.03. The molecule has 1 heterocycles. The van der Waals surface area contributed by atoms with Crippen LogP contribution in [-0.2, 0) is 0 Å². The molecule has 3 heteroatoms. The Morgan fingerprint density at radius 1 is 1.14 bits per heavy atom. The molecule has 0 bridgehead atoms. The number of benzene rings is 2. The van der Waals surface area contributed by atoms with Crippen LogP contribution in [0, 0.1) is 0 Å². The summed E-state index contributed by atoms with van der Waals surface area (Å²) < 4.78 is 5.84. The first-order valence-electron chi connectivity index (χ1n) is 7.57. The Labute approximate surface area is 125 Å². The third kappa shape index (κ3) is 2.68. The van der Waals surface area contributed by atoms with E-state index in [4.69, 9.17) is 4.74 Å². The summed E-state index contributed by atoms with van der Waals surface area (Å²) in [6.07, 6.45) is 1.92. The van der Waals surface area contributed by atoms with Crippen molar-refractivity contribution in [2.24, 2.45) is 0 Å². The first kappa shape index (κ1) is 13.8. The Hall–Kier alpha value is -2.16. The molecule has 1 N–H and O–H groups in total. The zero-order chi connectivity index (χ0) is 14.7. The van der Waals surface area contributed by atoms with E-state index in [9.17, 15) is 5.11 Å². The van der Waals surface area contributed by atoms with Crippen LogP contribution in [0.3, 0.4) is 0 Å². The summed E-state index contributed by atoms with van der Waals surface area (Å²) in [5.74, 6) is 1.30. The van der Waals surface area contributed by atoms with Gasteiger partial charge in [0.1, 0.15) is 11.5 Å². The standard InChI is InChI=1S/C18H21NO2/c1-2-15(14-8-3-5-10-17(14)20)19-12-7-13-21-18-11-6-4-9-16(18)19/h3-6,8-11,15,20H,2,7,12-13H2,1H3. The van der Waals surface area contributed by atoms with Crippen molar-refractivity contribution < 1.29 is 9.84 Å². The summed E-state index contributed by atoms with van der Waals surface area (Å²) in [4.78, 5) is 2.36. The third-order valence-electron chi connectivity index (χ3n) is 4.03. The van der Waals surface area contributed by atoms with Gasteiger partial charge in [-0.1, -0.05) is 37.3 Å². The maximum absolute atomic E-state index is 10.2. The van der Waals surface area contributed by atoms with Gasteiger partial charge in [0, 0.05) is 12.1 Å². The van der Waals surface area contributed by atoms with Gasteiger partial charge in [-0.2, -0.15) is 0 Å². The molecular weight excluding hydrogens is 262 g/mol. The molecule has 1 atom stereocenters. The monoisotopic (exact) mass is 283 g/mol. The van der Waals surface area contributed by atoms with Crippen LogP contribution in [0.25, 0.3) is 0 Å². The van der Waals surface area contributed by atoms with Gasteiger partial charge in [0.05, 0.1) is 18.3 Å². The van der Waals surface area contributed by atoms with Crippen molar-refractivity contribution in [3.63, 3.8) is 0 Å². The van der Waals surface area contributed by atoms with E-state index in [1.54, 1.807) is 6.07 Å². The minimum atomic E-state index is 0.161. The minimum Gasteiger partial charge on any atom is -0.508 e. The Morgan fingerprint density at radius 3 is 2.71 bits per heavy atom. The lowest BCUT2D eigenvalue weighted by Crippen LogP contribution is -2.29. The number of hydrogen-bond donors (Lipinski definition) is 1. The number of fused-ring (bicyclic) bond motifs is 1. The van der Waals surface area contributed by atoms with E-state index in [1.165, 1.54) is 0 Å². The zero-order valence-corrected chi connectivity index (χ0v) is 12.3. The van der Waals surface area contributed by atoms with Gasteiger partial charge in [0.15, 0.2) is 0 Å². The summed E-state index contributed by atoms with van der Waals surface area (Å²) in [6, 6.07) is 15.9. The lowest BCUT2D eigenvalue weighted by Gasteiger charge is -2.33. The maximum atomic E-state index is 10.2. The number of phenols is 1. The maximum Gasteiger partial charge on any atom is 0.142 e. The fourth-order valence-electron chi connectivity index (χ4n) is 3.06. The molecule has 0 saturated carbocycles. The van der Waals surface area contributed by atoms with E-state index in [2.05, 4.69) is 17.9 Å². The topological polar surface area (TPSA) is 32.7 Å². The van der Waals surface area contributed by atoms with Crippen LogP contribution in [0.1, 0.15) is 31.4 Å². The minimum absolute atomic E-state index is 0.161. The van der Waals surface area contributed by atoms with Crippen molar-refractivity contribution in [3.05, 3.63) is 54.1 Å². The van der Waals surface area contributed by atoms with E-state index >= 15 is 0 Å². The van der Waals surface area contributed by atoms with Crippen LogP contribution >= 0.6 is 0 Å². The molecule has 3 nitrogen and oxygen atoms in total. The van der Waals surface area contributed by atoms with E-state index in [0.29, 0.717) is 5.75 Å². The molecule has 2 aromatic rings. The van der Waals surface area contributed by atoms with E-state index in [1.807, 2.05) is 36.4 Å². The number of rotatable bonds is 3. The fourth-order valence-corrected chi connectivity index (χ4v) is 3.06. The van der Waals surface area contributed by atoms with Crippen molar-refractivity contribution >= 4 is 5.69 Å². The normalized spacial score (nSPS) is 15.8. The second-order valence-corrected chi connectivity index (χ2v) is 5.35. The molecule has 3 rings (SSSR count). The molecule has 0 fully saturated rings. The Balaban J connectivity index is 2.03. The van der Waals surface area contributed by atoms with Gasteiger partial charge < -0.3 is 14.7 Å². The highest BCUT2D eigenvalue weighted by Gasteiger charge is 2.25. The van der Waals surface area contributed by atoms with Crippen LogP contribution in [-0.4, -0.2) is 18.3 Å². The predicted molar refractivity (Wildman–Crippen MR) is 85.0 cm³/mol. The molecule has 1 aliphatic rings. The summed E-state index contributed by atoms with van der Waals surface area (Å²) >= 11 is 0. The second-order valence-electron chi connectivity index (χ2n) is 5.35. The summed E-state index contributed by atoms with van der Waals surface area (Å²) in [6.45, 7) is 3.83. The van der Waals surface area contributed by atoms with Crippen molar-refractivity contribution in [1.82, 2.24) is 0 Å². The Kier molecular flexibility index (Phi) is 4.00. The number of aromatic hydroxyl groups is 1. The quantitative estimate of drug-likeness (QED) is 0.919. The molecule has 0 aliphatic carbocycles. The highest BCUT2D eigenvalue weighted by Crippen LogP contribution is 2.39. The highest BCUT2D eigenvalue weighted by atomic mass is 16.5. The molecule has 1 unspecified atom stereocenters. The molecule has 0 radical (unpaired) electrons. The molecule has 0 aromatic heterocycles. The molecular formula is C18H21NO2. The van der Waals surface area contributed by atoms with Gasteiger partial charge in [-0.25, -0.2) is 0 Å². The first-order chi connectivity index (χ1) is 10.3. The molecule has 0 saturated heterocycles. The fraction of sp³-hybridized carbons (Fsp3) is 0.333. The molecule has 0 amide bonds. The number of hydrogen-bond acceptors (Lipinski definition) is 3. The summed E-state index contributed by atoms with van der Waals surface area (Å²) in [5, 5.41) is 10.2. The highest BCUT2D eigenvalue weighted by molar-refractivity contribution is 5.61. The van der Waals surface area contributed by atoms with Crippen molar-refractivity contribution in [2.75, 3.05) is 18.1 Å². The number of nitrogens with zero attached hydrogens (tertiary/aromatic N) is 1. The number of para-hydroxylation sites is 3. The molecule has 1 aliphatic heterocycles. The van der Waals surface area contributed by atoms with Gasteiger partial charge in [0.2, 0.25) is 0 Å². The number of anilines is 1. The van der Waals surface area contributed by atoms with Gasteiger partial charge in [0.25, 0.3) is 0 Å². The van der Waals surface area contributed by atoms with E-state index in [-0.39, 0.29) is 6.04 Å². The molecule has 2 aromatic carbocycles. The van der Waals surface area contributed by atoms with Gasteiger partial charge in [-0.15, -0.1) is 0 Å². The van der Waals surface area contributed by atoms with Gasteiger partial charge >= 0.3 is 0 Å². The van der Waals surface area contributed by atoms with Crippen LogP contribution in [0.2, 0.25) is 0 Å². The largest absolute Gasteiger partial charge is 0.508 e. The average molecular weight is 283 g/mol. The number of phenolic OH excluding ortho intramolecular Hbond substituents is 1. The van der Waals surface area contributed by atoms with Crippen LogP contribution < -0.4 is 9.64 Å². The Bertz CT molecular complexity index is 612. The van der Waals surface area contributed by atoms with Gasteiger partial charge in [-0.05, 0) is 31.0 Å². The predicted octanol–water partition coefficient (Wildman–Crippen LogP) is 4.13. The summed E-state index contributed by atoms with van der Waals surface area (Å²) in [7, 11) is 0. The van der Waals surface area contributed by atoms with Crippen LogP contribution in [0.15, 0.2) is 48.5 Å². The Morgan fingerprint density at radius 2 is 1.90 bits per heavy atom. The lowest BCUT2D eigenvalue weighted by atomic mass is 10.0. The van der Waals surface area contributed by atoms with Crippen molar-refractivity contribution in [3.8, 4) is 11.5 Å². The second kappa shape index (κ2) is 6.08. The van der Waals surface area contributed by atoms with Gasteiger partial charge in [-0.3, -0.25) is 0 Å². The molecule has 0 spiro atoms. The van der Waals surface area contributed by atoms with E-state index in [0.717, 1.165) is 43.0 Å². The lowest BCUT2D eigenvalue weighted by molar-refractivity contribution is 0.322. The van der Waals surface area contributed by atoms with Crippen LogP contribution in [0.4, 0.5) is 5.69 Å². The average Bonchev–Trinajstić information content (AvgIpc) is 2.73. The first-order valence-corrected chi connectivity index (χ1v) is 7.57. The SMILES string of the molecule is CCC(c1ccccc1O)N1CCCOc2ccccc21. The van der Waals surface area contributed by atoms with Crippen molar-refractivity contribution in [1.29, 1.82) is 0 Å². The number of ether oxygens (including phenoxy) is 1. The molecule has 110 valence electrons. The summed E-state index contributed by atoms with van der Waals surface area (Å²) in [5.41, 5.74) is 2.10. The van der Waals surface area contributed by atoms with Crippen LogP contribution in [0.5, 0.6) is 11.5 Å². The molecule has 21 heavy (non-hydrogen) atoms. The van der Waals surface area contributed by atoms with Crippen molar-refractivity contribution in [2.45, 2.75) is 25.8 Å². The zero-order valence-electron chi connectivity index (χ0n) is 12.3. The van der Waals surface area contributed by atoms with E-state index < -0.39 is 0 Å².